The molecule has 0 heterocycles. The third-order valence-corrected chi connectivity index (χ3v) is 6.22. The quantitative estimate of drug-likeness (QED) is 0.428. The second-order valence-corrected chi connectivity index (χ2v) is 9.95. The van der Waals surface area contributed by atoms with Crippen molar-refractivity contribution in [2.45, 2.75) is 86.5 Å². The molecule has 0 nitrogen and oxygen atoms in total. The molecule has 2 fully saturated rings. The molecular weight excluding hydrogens is 252 g/mol. The maximum atomic E-state index is 2.45. The van der Waals surface area contributed by atoms with Crippen LogP contribution in [0.2, 0.25) is 0 Å². The van der Waals surface area contributed by atoms with Crippen LogP contribution in [0.1, 0.15) is 86.5 Å². The molecule has 0 heteroatoms. The molecule has 0 aromatic rings. The van der Waals surface area contributed by atoms with Gasteiger partial charge in [0, 0.05) is 0 Å². The highest BCUT2D eigenvalue weighted by atomic mass is 14.5. The lowest BCUT2D eigenvalue weighted by Gasteiger charge is -2.33. The minimum atomic E-state index is 0.532. The molecule has 0 amide bonds. The molecule has 0 radical (unpaired) electrons. The fraction of sp³-hybridized carbons (Fsp3) is 0.905. The van der Waals surface area contributed by atoms with E-state index < -0.39 is 0 Å². The summed E-state index contributed by atoms with van der Waals surface area (Å²) < 4.78 is 0. The Balaban J connectivity index is 0.000000155. The molecule has 3 rings (SSSR count). The van der Waals surface area contributed by atoms with Crippen LogP contribution in [0.15, 0.2) is 12.2 Å². The Kier molecular flexibility index (Phi) is 5.27. The van der Waals surface area contributed by atoms with Crippen LogP contribution in [0.4, 0.5) is 0 Å². The van der Waals surface area contributed by atoms with Crippen molar-refractivity contribution in [1.82, 2.24) is 0 Å². The van der Waals surface area contributed by atoms with Crippen molar-refractivity contribution in [3.63, 3.8) is 0 Å². The van der Waals surface area contributed by atoms with E-state index in [9.17, 15) is 0 Å². The Morgan fingerprint density at radius 3 is 1.62 bits per heavy atom. The van der Waals surface area contributed by atoms with Crippen LogP contribution in [-0.2, 0) is 0 Å². The summed E-state index contributed by atoms with van der Waals surface area (Å²) in [5, 5.41) is 0. The molecule has 0 aromatic heterocycles. The van der Waals surface area contributed by atoms with Crippen molar-refractivity contribution in [3.8, 4) is 0 Å². The van der Waals surface area contributed by atoms with Crippen molar-refractivity contribution >= 4 is 0 Å². The van der Waals surface area contributed by atoms with Crippen LogP contribution in [0.5, 0.6) is 0 Å². The Hall–Kier alpha value is -0.260. The minimum Gasteiger partial charge on any atom is -0.0851 e. The Morgan fingerprint density at radius 1 is 0.714 bits per heavy atom. The number of rotatable bonds is 0. The molecule has 0 aliphatic heterocycles. The van der Waals surface area contributed by atoms with Crippen molar-refractivity contribution in [1.29, 1.82) is 0 Å². The van der Waals surface area contributed by atoms with E-state index in [1.807, 2.05) is 0 Å². The zero-order valence-corrected chi connectivity index (χ0v) is 15.4. The normalized spacial score (nSPS) is 33.0. The lowest BCUT2D eigenvalue weighted by Crippen LogP contribution is -2.23. The largest absolute Gasteiger partial charge is 0.0851 e. The summed E-state index contributed by atoms with van der Waals surface area (Å²) in [4.78, 5) is 0. The van der Waals surface area contributed by atoms with Crippen LogP contribution in [-0.4, -0.2) is 0 Å². The molecule has 0 saturated heterocycles. The minimum absolute atomic E-state index is 0.532. The summed E-state index contributed by atoms with van der Waals surface area (Å²) in [7, 11) is 0. The Bertz CT molecular complexity index is 343. The van der Waals surface area contributed by atoms with Gasteiger partial charge < -0.3 is 0 Å². The van der Waals surface area contributed by atoms with Crippen LogP contribution < -0.4 is 0 Å². The maximum absolute atomic E-state index is 2.45. The van der Waals surface area contributed by atoms with Crippen molar-refractivity contribution < 1.29 is 0 Å². The van der Waals surface area contributed by atoms with E-state index >= 15 is 0 Å². The van der Waals surface area contributed by atoms with Crippen molar-refractivity contribution in [2.24, 2.45) is 34.5 Å². The van der Waals surface area contributed by atoms with Crippen LogP contribution >= 0.6 is 0 Å². The van der Waals surface area contributed by atoms with Gasteiger partial charge in [0.2, 0.25) is 0 Å². The van der Waals surface area contributed by atoms with Gasteiger partial charge in [-0.1, -0.05) is 73.0 Å². The summed E-state index contributed by atoms with van der Waals surface area (Å²) in [6, 6.07) is 0. The van der Waals surface area contributed by atoms with Crippen molar-refractivity contribution in [2.75, 3.05) is 0 Å². The third-order valence-electron chi connectivity index (χ3n) is 6.22. The first-order valence-corrected chi connectivity index (χ1v) is 9.36. The molecule has 0 spiro atoms. The van der Waals surface area contributed by atoms with E-state index in [1.165, 1.54) is 44.9 Å². The highest BCUT2D eigenvalue weighted by Gasteiger charge is 2.41. The molecule has 21 heavy (non-hydrogen) atoms. The molecule has 2 bridgehead atoms. The number of allylic oxidation sites excluding steroid dienone is 2. The van der Waals surface area contributed by atoms with E-state index in [1.54, 1.807) is 0 Å². The molecule has 3 aliphatic carbocycles. The van der Waals surface area contributed by atoms with Crippen LogP contribution in [0, 0.1) is 34.5 Å². The van der Waals surface area contributed by atoms with Gasteiger partial charge in [-0.05, 0) is 60.2 Å². The lowest BCUT2D eigenvalue weighted by atomic mass is 9.72. The number of fused-ring (bicyclic) bond motifs is 2. The molecule has 3 aliphatic rings. The molecule has 122 valence electrons. The van der Waals surface area contributed by atoms with E-state index in [0.717, 1.165) is 23.7 Å². The summed E-state index contributed by atoms with van der Waals surface area (Å²) in [5.74, 6) is 3.81. The monoisotopic (exact) mass is 290 g/mol. The topological polar surface area (TPSA) is 0 Å². The number of hydrogen-bond acceptors (Lipinski definition) is 0. The molecule has 3 unspecified atom stereocenters. The predicted octanol–water partition coefficient (Wildman–Crippen LogP) is 6.86. The fourth-order valence-corrected chi connectivity index (χ4v) is 4.75. The van der Waals surface area contributed by atoms with Gasteiger partial charge in [-0.25, -0.2) is 0 Å². The molecule has 3 atom stereocenters. The Labute approximate surface area is 133 Å². The second-order valence-electron chi connectivity index (χ2n) is 9.95. The standard InChI is InChI=1S/C11H18.C10H20/c1-11(2,3)10-7-8-4-5-9(10)6-8;1-10(2,3)9-7-5-4-6-8-9/h4-5,8-10H,6-7H2,1-3H3;9H,4-8H2,1-3H3. The van der Waals surface area contributed by atoms with Gasteiger partial charge >= 0.3 is 0 Å². The van der Waals surface area contributed by atoms with Gasteiger partial charge in [0.1, 0.15) is 0 Å². The van der Waals surface area contributed by atoms with Gasteiger partial charge in [0.15, 0.2) is 0 Å². The highest BCUT2D eigenvalue weighted by molar-refractivity contribution is 5.11. The van der Waals surface area contributed by atoms with Crippen LogP contribution in [0.3, 0.4) is 0 Å². The average molecular weight is 291 g/mol. The van der Waals surface area contributed by atoms with E-state index in [0.29, 0.717) is 10.8 Å². The predicted molar refractivity (Wildman–Crippen MR) is 94.3 cm³/mol. The van der Waals surface area contributed by atoms with Gasteiger partial charge in [-0.3, -0.25) is 0 Å². The summed E-state index contributed by atoms with van der Waals surface area (Å²) in [5.41, 5.74) is 1.10. The van der Waals surface area contributed by atoms with E-state index in [2.05, 4.69) is 53.7 Å². The van der Waals surface area contributed by atoms with Gasteiger partial charge in [-0.2, -0.15) is 0 Å². The lowest BCUT2D eigenvalue weighted by molar-refractivity contribution is 0.180. The summed E-state index contributed by atoms with van der Waals surface area (Å²) >= 11 is 0. The molecule has 2 saturated carbocycles. The second kappa shape index (κ2) is 6.47. The zero-order valence-electron chi connectivity index (χ0n) is 15.4. The molecule has 0 N–H and O–H groups in total. The SMILES string of the molecule is CC(C)(C)C1CC2C=CC1C2.CC(C)(C)C1CCCCC1. The summed E-state index contributed by atoms with van der Waals surface area (Å²) in [6.45, 7) is 14.3. The van der Waals surface area contributed by atoms with Gasteiger partial charge in [-0.15, -0.1) is 0 Å². The zero-order chi connectivity index (χ0) is 15.7. The Morgan fingerprint density at radius 2 is 1.33 bits per heavy atom. The smallest absolute Gasteiger partial charge is 0.0194 e. The average Bonchev–Trinajstić information content (AvgIpc) is 3.01. The summed E-state index contributed by atoms with van der Waals surface area (Å²) in [6.07, 6.45) is 15.1. The van der Waals surface area contributed by atoms with Crippen molar-refractivity contribution in [3.05, 3.63) is 12.2 Å². The maximum Gasteiger partial charge on any atom is -0.0194 e. The van der Waals surface area contributed by atoms with Crippen LogP contribution in [0.25, 0.3) is 0 Å². The van der Waals surface area contributed by atoms with E-state index in [-0.39, 0.29) is 0 Å². The first-order chi connectivity index (χ1) is 9.68. The van der Waals surface area contributed by atoms with E-state index in [4.69, 9.17) is 0 Å². The third kappa shape index (κ3) is 4.60. The molecular formula is C21H38. The van der Waals surface area contributed by atoms with Gasteiger partial charge in [0.05, 0.1) is 0 Å². The first-order valence-electron chi connectivity index (χ1n) is 9.36. The molecule has 0 aromatic carbocycles. The fourth-order valence-electron chi connectivity index (χ4n) is 4.75. The highest BCUT2D eigenvalue weighted by Crippen LogP contribution is 2.50. The number of hydrogen-bond donors (Lipinski definition) is 0. The van der Waals surface area contributed by atoms with Gasteiger partial charge in [0.25, 0.3) is 0 Å². The first kappa shape index (κ1) is 17.1.